The summed E-state index contributed by atoms with van der Waals surface area (Å²) < 4.78 is 0. The molecule has 0 radical (unpaired) electrons. The third kappa shape index (κ3) is 2.37. The summed E-state index contributed by atoms with van der Waals surface area (Å²) in [5.74, 6) is 1.40. The highest BCUT2D eigenvalue weighted by molar-refractivity contribution is 5.85. The monoisotopic (exact) mass is 222 g/mol. The molecule has 0 saturated heterocycles. The predicted octanol–water partition coefficient (Wildman–Crippen LogP) is 2.43. The minimum absolute atomic E-state index is 0.000833. The van der Waals surface area contributed by atoms with E-state index in [9.17, 15) is 10.1 Å². The molecule has 0 spiro atoms. The summed E-state index contributed by atoms with van der Waals surface area (Å²) in [5, 5.41) is 9.20. The third-order valence-corrected chi connectivity index (χ3v) is 3.96. The second-order valence-corrected chi connectivity index (χ2v) is 5.06. The molecule has 1 fully saturated rings. The fraction of sp³-hybridized carbons (Fsp3) is 0.846. The van der Waals surface area contributed by atoms with E-state index in [2.05, 4.69) is 13.0 Å². The van der Waals surface area contributed by atoms with Gasteiger partial charge in [0.15, 0.2) is 0 Å². The van der Waals surface area contributed by atoms with Crippen LogP contribution < -0.4 is 0 Å². The van der Waals surface area contributed by atoms with Crippen LogP contribution in [0.15, 0.2) is 0 Å². The van der Waals surface area contributed by atoms with Crippen molar-refractivity contribution in [2.75, 3.05) is 13.6 Å². The molecule has 90 valence electrons. The molecule has 1 aliphatic rings. The van der Waals surface area contributed by atoms with Gasteiger partial charge >= 0.3 is 0 Å². The van der Waals surface area contributed by atoms with E-state index >= 15 is 0 Å². The molecule has 0 aromatic rings. The van der Waals surface area contributed by atoms with E-state index < -0.39 is 5.41 Å². The molecule has 1 saturated carbocycles. The molecule has 3 heteroatoms. The summed E-state index contributed by atoms with van der Waals surface area (Å²) in [6.07, 6.45) is 2.42. The Morgan fingerprint density at radius 3 is 2.31 bits per heavy atom. The van der Waals surface area contributed by atoms with Gasteiger partial charge in [-0.3, -0.25) is 4.79 Å². The van der Waals surface area contributed by atoms with Crippen LogP contribution in [-0.2, 0) is 4.79 Å². The van der Waals surface area contributed by atoms with Crippen LogP contribution in [-0.4, -0.2) is 24.4 Å². The quantitative estimate of drug-likeness (QED) is 0.717. The molecule has 2 atom stereocenters. The number of nitrogens with zero attached hydrogens (tertiary/aromatic N) is 2. The summed E-state index contributed by atoms with van der Waals surface area (Å²) in [5.41, 5.74) is -0.799. The molecule has 1 amide bonds. The highest BCUT2D eigenvalue weighted by atomic mass is 16.2. The number of carbonyl (C=O) groups is 1. The van der Waals surface area contributed by atoms with Crippen LogP contribution in [0.25, 0.3) is 0 Å². The Bertz CT molecular complexity index is 302. The highest BCUT2D eigenvalue weighted by Gasteiger charge is 2.40. The second-order valence-electron chi connectivity index (χ2n) is 5.06. The van der Waals surface area contributed by atoms with Crippen LogP contribution >= 0.6 is 0 Å². The first-order valence-electron chi connectivity index (χ1n) is 6.17. The summed E-state index contributed by atoms with van der Waals surface area (Å²) in [6, 6.07) is 2.21. The van der Waals surface area contributed by atoms with E-state index in [1.807, 2.05) is 20.9 Å². The standard InChI is InChI=1S/C13H22N2O/c1-5-13(6-2,9-14)12(16)15(4)8-11-7-10(11)3/h10-11H,5-8H2,1-4H3. The molecule has 0 aromatic carbocycles. The van der Waals surface area contributed by atoms with E-state index in [1.165, 1.54) is 6.42 Å². The van der Waals surface area contributed by atoms with Crippen molar-refractivity contribution in [3.8, 4) is 6.07 Å². The van der Waals surface area contributed by atoms with E-state index in [0.29, 0.717) is 18.8 Å². The number of nitriles is 1. The molecule has 0 aliphatic heterocycles. The van der Waals surface area contributed by atoms with Crippen molar-refractivity contribution in [2.24, 2.45) is 17.3 Å². The lowest BCUT2D eigenvalue weighted by molar-refractivity contribution is -0.138. The summed E-state index contributed by atoms with van der Waals surface area (Å²) in [4.78, 5) is 14.0. The SMILES string of the molecule is CCC(C#N)(CC)C(=O)N(C)CC1CC1C. The van der Waals surface area contributed by atoms with Crippen molar-refractivity contribution in [2.45, 2.75) is 40.0 Å². The zero-order valence-corrected chi connectivity index (χ0v) is 10.8. The first-order valence-corrected chi connectivity index (χ1v) is 6.17. The molecule has 1 aliphatic carbocycles. The second kappa shape index (κ2) is 4.86. The van der Waals surface area contributed by atoms with Gasteiger partial charge in [0.1, 0.15) is 5.41 Å². The summed E-state index contributed by atoms with van der Waals surface area (Å²) in [6.45, 7) is 6.85. The smallest absolute Gasteiger partial charge is 0.242 e. The number of hydrogen-bond acceptors (Lipinski definition) is 2. The van der Waals surface area contributed by atoms with Gasteiger partial charge in [-0.1, -0.05) is 20.8 Å². The maximum absolute atomic E-state index is 12.2. The maximum atomic E-state index is 12.2. The summed E-state index contributed by atoms with van der Waals surface area (Å²) >= 11 is 0. The Morgan fingerprint density at radius 2 is 2.00 bits per heavy atom. The van der Waals surface area contributed by atoms with Crippen molar-refractivity contribution in [1.82, 2.24) is 4.90 Å². The molecule has 16 heavy (non-hydrogen) atoms. The van der Waals surface area contributed by atoms with Crippen LogP contribution in [0.3, 0.4) is 0 Å². The van der Waals surface area contributed by atoms with Gasteiger partial charge in [-0.2, -0.15) is 5.26 Å². The third-order valence-electron chi connectivity index (χ3n) is 3.96. The Kier molecular flexibility index (Phi) is 3.96. The van der Waals surface area contributed by atoms with Gasteiger partial charge in [0.25, 0.3) is 0 Å². The largest absolute Gasteiger partial charge is 0.344 e. The van der Waals surface area contributed by atoms with Crippen LogP contribution in [0, 0.1) is 28.6 Å². The van der Waals surface area contributed by atoms with Gasteiger partial charge in [-0.25, -0.2) is 0 Å². The van der Waals surface area contributed by atoms with Gasteiger partial charge in [0.05, 0.1) is 6.07 Å². The lowest BCUT2D eigenvalue weighted by Crippen LogP contribution is -2.41. The van der Waals surface area contributed by atoms with Gasteiger partial charge in [0, 0.05) is 13.6 Å². The van der Waals surface area contributed by atoms with Gasteiger partial charge < -0.3 is 4.90 Å². The topological polar surface area (TPSA) is 44.1 Å². The average Bonchev–Trinajstić information content (AvgIpc) is 2.97. The van der Waals surface area contributed by atoms with Crippen LogP contribution in [0.4, 0.5) is 0 Å². The minimum Gasteiger partial charge on any atom is -0.344 e. The number of rotatable bonds is 5. The lowest BCUT2D eigenvalue weighted by Gasteiger charge is -2.28. The zero-order chi connectivity index (χ0) is 12.3. The Balaban J connectivity index is 2.64. The average molecular weight is 222 g/mol. The molecule has 0 bridgehead atoms. The fourth-order valence-electron chi connectivity index (χ4n) is 2.21. The van der Waals surface area contributed by atoms with Crippen molar-refractivity contribution in [3.05, 3.63) is 0 Å². The van der Waals surface area contributed by atoms with Gasteiger partial charge in [-0.15, -0.1) is 0 Å². The molecule has 3 nitrogen and oxygen atoms in total. The molecular formula is C13H22N2O. The van der Waals surface area contributed by atoms with Crippen molar-refractivity contribution in [1.29, 1.82) is 5.26 Å². The first-order chi connectivity index (χ1) is 7.50. The highest BCUT2D eigenvalue weighted by Crippen LogP contribution is 2.39. The van der Waals surface area contributed by atoms with Gasteiger partial charge in [-0.05, 0) is 31.1 Å². The van der Waals surface area contributed by atoms with Gasteiger partial charge in [0.2, 0.25) is 5.91 Å². The molecular weight excluding hydrogens is 200 g/mol. The summed E-state index contributed by atoms with van der Waals surface area (Å²) in [7, 11) is 1.82. The zero-order valence-electron chi connectivity index (χ0n) is 10.8. The molecule has 0 aromatic heterocycles. The van der Waals surface area contributed by atoms with Crippen LogP contribution in [0.1, 0.15) is 40.0 Å². The van der Waals surface area contributed by atoms with Crippen LogP contribution in [0.2, 0.25) is 0 Å². The molecule has 2 unspecified atom stereocenters. The molecule has 1 rings (SSSR count). The molecule has 0 N–H and O–H groups in total. The first kappa shape index (κ1) is 13.0. The predicted molar refractivity (Wildman–Crippen MR) is 63.5 cm³/mol. The van der Waals surface area contributed by atoms with Crippen LogP contribution in [0.5, 0.6) is 0 Å². The Labute approximate surface area is 98.4 Å². The molecule has 0 heterocycles. The number of carbonyl (C=O) groups excluding carboxylic acids is 1. The number of hydrogen-bond donors (Lipinski definition) is 0. The van der Waals surface area contributed by atoms with Crippen molar-refractivity contribution < 1.29 is 4.79 Å². The maximum Gasteiger partial charge on any atom is 0.242 e. The Morgan fingerprint density at radius 1 is 1.50 bits per heavy atom. The Hall–Kier alpha value is -1.04. The normalized spacial score (nSPS) is 23.7. The number of amides is 1. The van der Waals surface area contributed by atoms with E-state index in [-0.39, 0.29) is 5.91 Å². The van der Waals surface area contributed by atoms with Crippen molar-refractivity contribution >= 4 is 5.91 Å². The lowest BCUT2D eigenvalue weighted by atomic mass is 9.82. The van der Waals surface area contributed by atoms with E-state index in [0.717, 1.165) is 12.5 Å². The van der Waals surface area contributed by atoms with E-state index in [1.54, 1.807) is 4.90 Å². The fourth-order valence-corrected chi connectivity index (χ4v) is 2.21. The van der Waals surface area contributed by atoms with E-state index in [4.69, 9.17) is 0 Å². The van der Waals surface area contributed by atoms with Crippen molar-refractivity contribution in [3.63, 3.8) is 0 Å². The minimum atomic E-state index is -0.799.